The highest BCUT2D eigenvalue weighted by Gasteiger charge is 2.20. The number of halogens is 1. The summed E-state index contributed by atoms with van der Waals surface area (Å²) in [7, 11) is 0. The lowest BCUT2D eigenvalue weighted by molar-refractivity contribution is -0.116. The lowest BCUT2D eigenvalue weighted by atomic mass is 10.1. The predicted molar refractivity (Wildman–Crippen MR) is 107 cm³/mol. The molecule has 0 bridgehead atoms. The van der Waals surface area contributed by atoms with E-state index in [1.54, 1.807) is 6.92 Å². The van der Waals surface area contributed by atoms with Crippen LogP contribution in [-0.2, 0) is 11.3 Å². The van der Waals surface area contributed by atoms with Gasteiger partial charge in [0.15, 0.2) is 0 Å². The molecular formula is C19H23BrN4O2. The average molecular weight is 419 g/mol. The van der Waals surface area contributed by atoms with Crippen molar-refractivity contribution in [1.82, 2.24) is 9.55 Å². The number of aromatic nitrogens is 2. The van der Waals surface area contributed by atoms with E-state index >= 15 is 0 Å². The Labute approximate surface area is 161 Å². The number of hydrogen-bond donors (Lipinski definition) is 1. The number of carbonyl (C=O) groups is 1. The van der Waals surface area contributed by atoms with E-state index in [9.17, 15) is 9.59 Å². The normalized spacial score (nSPS) is 14.3. The van der Waals surface area contributed by atoms with Crippen molar-refractivity contribution in [3.8, 4) is 0 Å². The van der Waals surface area contributed by atoms with E-state index < -0.39 is 0 Å². The number of anilines is 2. The fourth-order valence-corrected chi connectivity index (χ4v) is 3.36. The summed E-state index contributed by atoms with van der Waals surface area (Å²) < 4.78 is 2.44. The third-order valence-corrected chi connectivity index (χ3v) is 5.22. The van der Waals surface area contributed by atoms with Crippen LogP contribution in [0.4, 0.5) is 11.6 Å². The second-order valence-electron chi connectivity index (χ2n) is 6.62. The SMILES string of the molecule is Cc1nc(N2CCCCC2)n(CC(=O)Nc2ccc(Br)cc2)c(=O)c1C. The van der Waals surface area contributed by atoms with E-state index in [0.29, 0.717) is 17.2 Å². The molecule has 0 unspecified atom stereocenters. The Morgan fingerprint density at radius 3 is 2.46 bits per heavy atom. The molecule has 0 spiro atoms. The number of carbonyl (C=O) groups excluding carboxylic acids is 1. The van der Waals surface area contributed by atoms with E-state index in [-0.39, 0.29) is 18.0 Å². The second kappa shape index (κ2) is 8.03. The summed E-state index contributed by atoms with van der Waals surface area (Å²) >= 11 is 3.37. The Morgan fingerprint density at radius 2 is 1.81 bits per heavy atom. The van der Waals surface area contributed by atoms with Crippen molar-refractivity contribution in [3.05, 3.63) is 50.3 Å². The summed E-state index contributed by atoms with van der Waals surface area (Å²) in [6.07, 6.45) is 3.34. The van der Waals surface area contributed by atoms with Gasteiger partial charge in [0.25, 0.3) is 5.56 Å². The first-order chi connectivity index (χ1) is 12.5. The molecule has 0 atom stereocenters. The molecule has 0 aliphatic carbocycles. The first-order valence-electron chi connectivity index (χ1n) is 8.84. The monoisotopic (exact) mass is 418 g/mol. The Bertz CT molecular complexity index is 855. The highest BCUT2D eigenvalue weighted by atomic mass is 79.9. The zero-order chi connectivity index (χ0) is 18.7. The van der Waals surface area contributed by atoms with E-state index in [1.807, 2.05) is 31.2 Å². The van der Waals surface area contributed by atoms with Crippen LogP contribution < -0.4 is 15.8 Å². The van der Waals surface area contributed by atoms with E-state index in [0.717, 1.165) is 36.1 Å². The minimum atomic E-state index is -0.238. The Kier molecular flexibility index (Phi) is 5.76. The number of aryl methyl sites for hydroxylation is 1. The molecule has 7 heteroatoms. The van der Waals surface area contributed by atoms with Crippen LogP contribution in [0.1, 0.15) is 30.5 Å². The standard InChI is InChI=1S/C19H23BrN4O2/c1-13-14(2)21-19(23-10-4-3-5-11-23)24(18(13)26)12-17(25)22-16-8-6-15(20)7-9-16/h6-9H,3-5,10-12H2,1-2H3,(H,22,25). The van der Waals surface area contributed by atoms with Gasteiger partial charge in [-0.15, -0.1) is 0 Å². The summed E-state index contributed by atoms with van der Waals surface area (Å²) in [4.78, 5) is 32.1. The minimum Gasteiger partial charge on any atom is -0.342 e. The van der Waals surface area contributed by atoms with Crippen LogP contribution in [0.5, 0.6) is 0 Å². The Hall–Kier alpha value is -2.15. The lowest BCUT2D eigenvalue weighted by Crippen LogP contribution is -2.39. The van der Waals surface area contributed by atoms with Crippen molar-refractivity contribution in [2.45, 2.75) is 39.7 Å². The molecule has 2 aromatic rings. The summed E-state index contributed by atoms with van der Waals surface area (Å²) in [5.41, 5.74) is 1.86. The molecule has 1 aliphatic heterocycles. The van der Waals surface area contributed by atoms with Gasteiger partial charge in [0.1, 0.15) is 6.54 Å². The van der Waals surface area contributed by atoms with Crippen molar-refractivity contribution < 1.29 is 4.79 Å². The lowest BCUT2D eigenvalue weighted by Gasteiger charge is -2.30. The molecule has 0 saturated carbocycles. The van der Waals surface area contributed by atoms with Gasteiger partial charge < -0.3 is 10.2 Å². The quantitative estimate of drug-likeness (QED) is 0.827. The number of nitrogens with one attached hydrogen (secondary N) is 1. The van der Waals surface area contributed by atoms with Crippen molar-refractivity contribution in [2.24, 2.45) is 0 Å². The highest BCUT2D eigenvalue weighted by molar-refractivity contribution is 9.10. The van der Waals surface area contributed by atoms with Crippen molar-refractivity contribution >= 4 is 33.5 Å². The third kappa shape index (κ3) is 4.15. The Morgan fingerprint density at radius 1 is 1.15 bits per heavy atom. The molecule has 1 aliphatic rings. The molecule has 1 N–H and O–H groups in total. The molecule has 2 heterocycles. The predicted octanol–water partition coefficient (Wildman–Crippen LogP) is 3.25. The zero-order valence-electron chi connectivity index (χ0n) is 15.1. The maximum absolute atomic E-state index is 12.8. The average Bonchev–Trinajstić information content (AvgIpc) is 2.64. The van der Waals surface area contributed by atoms with Gasteiger partial charge in [-0.05, 0) is 57.4 Å². The van der Waals surface area contributed by atoms with Crippen LogP contribution in [0.15, 0.2) is 33.5 Å². The fraction of sp³-hybridized carbons (Fsp3) is 0.421. The van der Waals surface area contributed by atoms with Gasteiger partial charge in [-0.1, -0.05) is 15.9 Å². The molecule has 3 rings (SSSR count). The minimum absolute atomic E-state index is 0.0468. The molecule has 0 radical (unpaired) electrons. The van der Waals surface area contributed by atoms with Gasteiger partial charge in [0, 0.05) is 34.5 Å². The summed E-state index contributed by atoms with van der Waals surface area (Å²) in [6, 6.07) is 7.35. The van der Waals surface area contributed by atoms with Gasteiger partial charge in [0.2, 0.25) is 11.9 Å². The fourth-order valence-electron chi connectivity index (χ4n) is 3.10. The molecule has 1 saturated heterocycles. The number of nitrogens with zero attached hydrogens (tertiary/aromatic N) is 3. The summed E-state index contributed by atoms with van der Waals surface area (Å²) in [6.45, 7) is 5.28. The second-order valence-corrected chi connectivity index (χ2v) is 7.53. The van der Waals surface area contributed by atoms with Crippen molar-refractivity contribution in [1.29, 1.82) is 0 Å². The first-order valence-corrected chi connectivity index (χ1v) is 9.63. The van der Waals surface area contributed by atoms with Crippen molar-refractivity contribution in [2.75, 3.05) is 23.3 Å². The summed E-state index contributed by atoms with van der Waals surface area (Å²) in [5.74, 6) is 0.362. The number of rotatable bonds is 4. The van der Waals surface area contributed by atoms with Gasteiger partial charge in [0.05, 0.1) is 0 Å². The van der Waals surface area contributed by atoms with Crippen LogP contribution in [-0.4, -0.2) is 28.5 Å². The smallest absolute Gasteiger partial charge is 0.258 e. The molecule has 1 fully saturated rings. The molecule has 1 aromatic carbocycles. The number of amides is 1. The van der Waals surface area contributed by atoms with Crippen LogP contribution in [0.25, 0.3) is 0 Å². The van der Waals surface area contributed by atoms with Crippen LogP contribution in [0, 0.1) is 13.8 Å². The van der Waals surface area contributed by atoms with Gasteiger partial charge in [-0.3, -0.25) is 14.2 Å². The molecule has 138 valence electrons. The van der Waals surface area contributed by atoms with Crippen LogP contribution in [0.2, 0.25) is 0 Å². The third-order valence-electron chi connectivity index (χ3n) is 4.69. The highest BCUT2D eigenvalue weighted by Crippen LogP contribution is 2.18. The molecule has 26 heavy (non-hydrogen) atoms. The molecule has 6 nitrogen and oxygen atoms in total. The van der Waals surface area contributed by atoms with E-state index in [4.69, 9.17) is 0 Å². The van der Waals surface area contributed by atoms with Crippen molar-refractivity contribution in [3.63, 3.8) is 0 Å². The van der Waals surface area contributed by atoms with Gasteiger partial charge >= 0.3 is 0 Å². The first kappa shape index (κ1) is 18.6. The van der Waals surface area contributed by atoms with Gasteiger partial charge in [-0.2, -0.15) is 0 Å². The molecular weight excluding hydrogens is 396 g/mol. The number of piperidine rings is 1. The van der Waals surface area contributed by atoms with Gasteiger partial charge in [-0.25, -0.2) is 4.98 Å². The Balaban J connectivity index is 1.87. The van der Waals surface area contributed by atoms with E-state index in [2.05, 4.69) is 31.1 Å². The summed E-state index contributed by atoms with van der Waals surface area (Å²) in [5, 5.41) is 2.84. The molecule has 1 aromatic heterocycles. The maximum atomic E-state index is 12.8. The number of hydrogen-bond acceptors (Lipinski definition) is 4. The van der Waals surface area contributed by atoms with Crippen LogP contribution in [0.3, 0.4) is 0 Å². The van der Waals surface area contributed by atoms with E-state index in [1.165, 1.54) is 11.0 Å². The topological polar surface area (TPSA) is 67.2 Å². The molecule has 1 amide bonds. The maximum Gasteiger partial charge on any atom is 0.258 e. The van der Waals surface area contributed by atoms with Crippen LogP contribution >= 0.6 is 15.9 Å². The zero-order valence-corrected chi connectivity index (χ0v) is 16.7. The number of benzene rings is 1. The largest absolute Gasteiger partial charge is 0.342 e.